The summed E-state index contributed by atoms with van der Waals surface area (Å²) in [5.41, 5.74) is 9.56. The molecule has 0 spiro atoms. The molecule has 0 amide bonds. The molecule has 7 heteroatoms. The largest absolute Gasteiger partial charge is 0.382 e. The summed E-state index contributed by atoms with van der Waals surface area (Å²) in [6.45, 7) is 3.40. The molecule has 1 aliphatic rings. The van der Waals surface area contributed by atoms with E-state index in [0.29, 0.717) is 5.82 Å². The van der Waals surface area contributed by atoms with Gasteiger partial charge in [-0.2, -0.15) is 5.10 Å². The van der Waals surface area contributed by atoms with Crippen molar-refractivity contribution in [3.05, 3.63) is 36.8 Å². The summed E-state index contributed by atoms with van der Waals surface area (Å²) in [7, 11) is 0. The van der Waals surface area contributed by atoms with E-state index in [1.54, 1.807) is 10.9 Å². The maximum atomic E-state index is 5.95. The normalized spacial score (nSPS) is 15.4. The van der Waals surface area contributed by atoms with Crippen molar-refractivity contribution in [2.45, 2.75) is 0 Å². The number of nitrogens with two attached hydrogens (primary N) is 1. The molecule has 112 valence electrons. The zero-order valence-electron chi connectivity index (χ0n) is 12.0. The van der Waals surface area contributed by atoms with Crippen LogP contribution in [0.25, 0.3) is 16.7 Å². The number of nitrogen functional groups attached to an aromatic ring is 1. The number of morpholine rings is 1. The molecule has 1 aromatic carbocycles. The van der Waals surface area contributed by atoms with Crippen molar-refractivity contribution in [1.29, 1.82) is 0 Å². The highest BCUT2D eigenvalue weighted by Crippen LogP contribution is 2.23. The molecule has 0 bridgehead atoms. The molecular weight excluding hydrogens is 280 g/mol. The smallest absolute Gasteiger partial charge is 0.153 e. The zero-order valence-corrected chi connectivity index (χ0v) is 12.0. The van der Waals surface area contributed by atoms with E-state index in [1.807, 2.05) is 12.1 Å². The van der Waals surface area contributed by atoms with Gasteiger partial charge in [-0.1, -0.05) is 0 Å². The van der Waals surface area contributed by atoms with Crippen molar-refractivity contribution in [2.75, 3.05) is 36.9 Å². The molecule has 3 aromatic rings. The van der Waals surface area contributed by atoms with Gasteiger partial charge in [-0.3, -0.25) is 0 Å². The number of hydrogen-bond acceptors (Lipinski definition) is 6. The number of rotatable bonds is 2. The minimum atomic E-state index is 0.430. The molecule has 0 atom stereocenters. The first-order chi connectivity index (χ1) is 10.8. The Hall–Kier alpha value is -2.67. The zero-order chi connectivity index (χ0) is 14.9. The van der Waals surface area contributed by atoms with E-state index in [2.05, 4.69) is 32.1 Å². The van der Waals surface area contributed by atoms with Crippen LogP contribution in [0.4, 0.5) is 11.5 Å². The third-order valence-electron chi connectivity index (χ3n) is 3.86. The topological polar surface area (TPSA) is 82.1 Å². The average molecular weight is 296 g/mol. The van der Waals surface area contributed by atoms with E-state index in [1.165, 1.54) is 12.0 Å². The van der Waals surface area contributed by atoms with E-state index in [4.69, 9.17) is 10.5 Å². The van der Waals surface area contributed by atoms with Gasteiger partial charge in [0.25, 0.3) is 0 Å². The van der Waals surface area contributed by atoms with Gasteiger partial charge in [0.15, 0.2) is 5.82 Å². The summed E-state index contributed by atoms with van der Waals surface area (Å²) in [6, 6.07) is 8.25. The van der Waals surface area contributed by atoms with Crippen LogP contribution in [0, 0.1) is 0 Å². The van der Waals surface area contributed by atoms with E-state index >= 15 is 0 Å². The first kappa shape index (κ1) is 13.0. The maximum absolute atomic E-state index is 5.95. The minimum absolute atomic E-state index is 0.430. The first-order valence-corrected chi connectivity index (χ1v) is 7.20. The fraction of sp³-hybridized carbons (Fsp3) is 0.267. The molecule has 0 aliphatic carbocycles. The summed E-state index contributed by atoms with van der Waals surface area (Å²) in [5.74, 6) is 0.430. The number of anilines is 2. The van der Waals surface area contributed by atoms with Crippen LogP contribution >= 0.6 is 0 Å². The molecule has 22 heavy (non-hydrogen) atoms. The summed E-state index contributed by atoms with van der Waals surface area (Å²) in [5, 5.41) is 4.37. The highest BCUT2D eigenvalue weighted by molar-refractivity contribution is 5.85. The summed E-state index contributed by atoms with van der Waals surface area (Å²) < 4.78 is 7.15. The lowest BCUT2D eigenvalue weighted by Gasteiger charge is -2.28. The molecule has 1 fully saturated rings. The van der Waals surface area contributed by atoms with Crippen molar-refractivity contribution in [2.24, 2.45) is 0 Å². The van der Waals surface area contributed by atoms with E-state index < -0.39 is 0 Å². The lowest BCUT2D eigenvalue weighted by molar-refractivity contribution is 0.122. The van der Waals surface area contributed by atoms with E-state index in [0.717, 1.165) is 43.0 Å². The highest BCUT2D eigenvalue weighted by Gasteiger charge is 2.13. The first-order valence-electron chi connectivity index (χ1n) is 7.20. The molecule has 2 N–H and O–H groups in total. The Morgan fingerprint density at radius 2 is 1.73 bits per heavy atom. The van der Waals surface area contributed by atoms with Gasteiger partial charge < -0.3 is 15.4 Å². The maximum Gasteiger partial charge on any atom is 0.153 e. The number of fused-ring (bicyclic) bond motifs is 1. The molecule has 2 aromatic heterocycles. The fourth-order valence-electron chi connectivity index (χ4n) is 2.71. The second-order valence-electron chi connectivity index (χ2n) is 5.16. The van der Waals surface area contributed by atoms with E-state index in [9.17, 15) is 0 Å². The Bertz CT molecular complexity index is 791. The third kappa shape index (κ3) is 2.15. The summed E-state index contributed by atoms with van der Waals surface area (Å²) in [4.78, 5) is 10.5. The lowest BCUT2D eigenvalue weighted by Crippen LogP contribution is -2.36. The van der Waals surface area contributed by atoms with E-state index in [-0.39, 0.29) is 0 Å². The quantitative estimate of drug-likeness (QED) is 0.766. The van der Waals surface area contributed by atoms with Crippen LogP contribution in [0.2, 0.25) is 0 Å². The van der Waals surface area contributed by atoms with Crippen molar-refractivity contribution >= 4 is 22.5 Å². The molecule has 7 nitrogen and oxygen atoms in total. The molecule has 0 unspecified atom stereocenters. The third-order valence-corrected chi connectivity index (χ3v) is 3.86. The van der Waals surface area contributed by atoms with Crippen LogP contribution in [0.1, 0.15) is 0 Å². The molecule has 1 saturated heterocycles. The van der Waals surface area contributed by atoms with Gasteiger partial charge in [-0.15, -0.1) is 0 Å². The Balaban J connectivity index is 1.70. The Kier molecular flexibility index (Phi) is 3.12. The van der Waals surface area contributed by atoms with Crippen molar-refractivity contribution in [1.82, 2.24) is 19.7 Å². The van der Waals surface area contributed by atoms with Crippen LogP contribution in [0.15, 0.2) is 36.8 Å². The fourth-order valence-corrected chi connectivity index (χ4v) is 2.71. The van der Waals surface area contributed by atoms with Gasteiger partial charge in [-0.05, 0) is 24.3 Å². The van der Waals surface area contributed by atoms with Crippen molar-refractivity contribution in [3.63, 3.8) is 0 Å². The molecule has 0 saturated carbocycles. The predicted octanol–water partition coefficient (Wildman–Crippen LogP) is 1.23. The second-order valence-corrected chi connectivity index (χ2v) is 5.16. The average Bonchev–Trinajstić information content (AvgIpc) is 3.01. The van der Waals surface area contributed by atoms with Crippen LogP contribution < -0.4 is 10.6 Å². The molecule has 1 aliphatic heterocycles. The highest BCUT2D eigenvalue weighted by atomic mass is 16.5. The summed E-state index contributed by atoms with van der Waals surface area (Å²) in [6.07, 6.45) is 3.15. The SMILES string of the molecule is Nc1ncnc2cnn(-c3ccc(N4CCOCC4)cc3)c12. The Labute approximate surface area is 127 Å². The van der Waals surface area contributed by atoms with Gasteiger partial charge >= 0.3 is 0 Å². The molecule has 3 heterocycles. The lowest BCUT2D eigenvalue weighted by atomic mass is 10.2. The number of benzene rings is 1. The number of ether oxygens (including phenoxy) is 1. The monoisotopic (exact) mass is 296 g/mol. The summed E-state index contributed by atoms with van der Waals surface area (Å²) >= 11 is 0. The van der Waals surface area contributed by atoms with Crippen LogP contribution in [0.3, 0.4) is 0 Å². The van der Waals surface area contributed by atoms with Gasteiger partial charge in [0, 0.05) is 18.8 Å². The van der Waals surface area contributed by atoms with Crippen LogP contribution in [0.5, 0.6) is 0 Å². The van der Waals surface area contributed by atoms with Crippen LogP contribution in [-0.4, -0.2) is 46.1 Å². The number of aromatic nitrogens is 4. The van der Waals surface area contributed by atoms with Gasteiger partial charge in [-0.25, -0.2) is 14.6 Å². The Morgan fingerprint density at radius 1 is 1.00 bits per heavy atom. The molecule has 0 radical (unpaired) electrons. The van der Waals surface area contributed by atoms with Gasteiger partial charge in [0.2, 0.25) is 0 Å². The Morgan fingerprint density at radius 3 is 2.50 bits per heavy atom. The molecule has 4 rings (SSSR count). The number of hydrogen-bond donors (Lipinski definition) is 1. The predicted molar refractivity (Wildman–Crippen MR) is 84.1 cm³/mol. The van der Waals surface area contributed by atoms with Gasteiger partial charge in [0.05, 0.1) is 25.1 Å². The minimum Gasteiger partial charge on any atom is -0.382 e. The standard InChI is InChI=1S/C15H16N6O/c16-15-14-13(17-10-18-15)9-19-21(14)12-3-1-11(2-4-12)20-5-7-22-8-6-20/h1-4,9-10H,5-8H2,(H2,16,17,18). The second kappa shape index (κ2) is 5.27. The van der Waals surface area contributed by atoms with Crippen molar-refractivity contribution in [3.8, 4) is 5.69 Å². The van der Waals surface area contributed by atoms with Crippen molar-refractivity contribution < 1.29 is 4.74 Å². The van der Waals surface area contributed by atoms with Crippen LogP contribution in [-0.2, 0) is 4.74 Å². The molecular formula is C15H16N6O. The van der Waals surface area contributed by atoms with Gasteiger partial charge in [0.1, 0.15) is 17.4 Å². The number of nitrogens with zero attached hydrogens (tertiary/aromatic N) is 5.